The number of ether oxygens (including phenoxy) is 1. The number of likely N-dealkylation sites (tertiary alicyclic amines) is 1. The lowest BCUT2D eigenvalue weighted by molar-refractivity contribution is -0.150. The van der Waals surface area contributed by atoms with Gasteiger partial charge in [0.2, 0.25) is 5.91 Å². The maximum atomic E-state index is 13.1. The number of rotatable bonds is 6. The summed E-state index contributed by atoms with van der Waals surface area (Å²) in [5.41, 5.74) is 0.467. The molecule has 1 aromatic rings. The van der Waals surface area contributed by atoms with Crippen molar-refractivity contribution in [3.05, 3.63) is 34.3 Å². The number of carboxylic acids is 1. The molecule has 0 radical (unpaired) electrons. The largest absolute Gasteiger partial charge is 0.480 e. The van der Waals surface area contributed by atoms with E-state index in [1.54, 1.807) is 25.3 Å². The first-order chi connectivity index (χ1) is 13.1. The van der Waals surface area contributed by atoms with Crippen molar-refractivity contribution in [1.82, 2.24) is 10.2 Å². The molecule has 154 valence electrons. The van der Waals surface area contributed by atoms with Crippen LogP contribution in [0.15, 0.2) is 18.2 Å². The van der Waals surface area contributed by atoms with Gasteiger partial charge in [0.1, 0.15) is 12.1 Å². The molecule has 0 aromatic heterocycles. The highest BCUT2D eigenvalue weighted by Gasteiger charge is 2.42. The van der Waals surface area contributed by atoms with Gasteiger partial charge in [-0.3, -0.25) is 9.59 Å². The normalized spacial score (nSPS) is 18.0. The Bertz CT molecular complexity index is 759. The monoisotopic (exact) mass is 410 g/mol. The first kappa shape index (κ1) is 22.2. The van der Waals surface area contributed by atoms with Gasteiger partial charge in [0, 0.05) is 13.7 Å². The summed E-state index contributed by atoms with van der Waals surface area (Å²) < 4.78 is 5.05. The molecule has 1 aromatic carbocycles. The Morgan fingerprint density at radius 2 is 2.04 bits per heavy atom. The number of amides is 2. The van der Waals surface area contributed by atoms with E-state index in [1.807, 2.05) is 20.8 Å². The van der Waals surface area contributed by atoms with E-state index >= 15 is 0 Å². The zero-order valence-electron chi connectivity index (χ0n) is 16.6. The number of nitrogens with zero attached hydrogens (tertiary/aromatic N) is 1. The van der Waals surface area contributed by atoms with Crippen LogP contribution in [0, 0.1) is 5.41 Å². The summed E-state index contributed by atoms with van der Waals surface area (Å²) in [7, 11) is 1.57. The van der Waals surface area contributed by atoms with E-state index in [9.17, 15) is 19.5 Å². The first-order valence-corrected chi connectivity index (χ1v) is 9.55. The van der Waals surface area contributed by atoms with E-state index in [1.165, 1.54) is 4.90 Å². The summed E-state index contributed by atoms with van der Waals surface area (Å²) >= 11 is 6.24. The molecule has 1 fully saturated rings. The van der Waals surface area contributed by atoms with Crippen molar-refractivity contribution in [3.8, 4) is 0 Å². The number of halogens is 1. The average Bonchev–Trinajstić information content (AvgIpc) is 3.08. The molecular formula is C20H27ClN2O5. The van der Waals surface area contributed by atoms with E-state index in [0.717, 1.165) is 5.56 Å². The van der Waals surface area contributed by atoms with Crippen LogP contribution in [-0.4, -0.2) is 53.5 Å². The number of nitrogens with one attached hydrogen (secondary N) is 1. The molecule has 28 heavy (non-hydrogen) atoms. The van der Waals surface area contributed by atoms with Crippen molar-refractivity contribution >= 4 is 29.4 Å². The van der Waals surface area contributed by atoms with Crippen molar-refractivity contribution in [2.45, 2.75) is 52.3 Å². The molecule has 1 aliphatic rings. The summed E-state index contributed by atoms with van der Waals surface area (Å²) in [6.45, 7) is 6.21. The highest BCUT2D eigenvalue weighted by Crippen LogP contribution is 2.27. The van der Waals surface area contributed by atoms with Crippen LogP contribution in [0.5, 0.6) is 0 Å². The summed E-state index contributed by atoms with van der Waals surface area (Å²) in [5, 5.41) is 12.4. The van der Waals surface area contributed by atoms with Crippen LogP contribution in [0.2, 0.25) is 5.02 Å². The lowest BCUT2D eigenvalue weighted by atomic mass is 9.85. The third kappa shape index (κ3) is 5.02. The Labute approximate surface area is 170 Å². The van der Waals surface area contributed by atoms with Crippen LogP contribution in [0.25, 0.3) is 0 Å². The van der Waals surface area contributed by atoms with E-state index < -0.39 is 35.3 Å². The van der Waals surface area contributed by atoms with Crippen LogP contribution < -0.4 is 5.32 Å². The Morgan fingerprint density at radius 1 is 1.36 bits per heavy atom. The zero-order chi connectivity index (χ0) is 21.1. The number of benzene rings is 1. The van der Waals surface area contributed by atoms with Gasteiger partial charge in [0.15, 0.2) is 0 Å². The fourth-order valence-electron chi connectivity index (χ4n) is 3.31. The number of hydrogen-bond donors (Lipinski definition) is 2. The van der Waals surface area contributed by atoms with Gasteiger partial charge in [-0.25, -0.2) is 4.79 Å². The Hall–Kier alpha value is -2.12. The van der Waals surface area contributed by atoms with Gasteiger partial charge >= 0.3 is 5.97 Å². The van der Waals surface area contributed by atoms with Gasteiger partial charge in [0.05, 0.1) is 17.2 Å². The van der Waals surface area contributed by atoms with E-state index in [-0.39, 0.29) is 10.6 Å². The summed E-state index contributed by atoms with van der Waals surface area (Å²) in [5.74, 6) is -1.90. The highest BCUT2D eigenvalue weighted by atomic mass is 35.5. The molecule has 2 amide bonds. The molecular weight excluding hydrogens is 384 g/mol. The van der Waals surface area contributed by atoms with Crippen molar-refractivity contribution in [2.24, 2.45) is 5.41 Å². The number of carbonyl (C=O) groups is 3. The molecule has 1 aliphatic heterocycles. The van der Waals surface area contributed by atoms with Crippen molar-refractivity contribution < 1.29 is 24.2 Å². The zero-order valence-corrected chi connectivity index (χ0v) is 17.4. The van der Waals surface area contributed by atoms with Gasteiger partial charge in [-0.15, -0.1) is 0 Å². The molecule has 1 heterocycles. The summed E-state index contributed by atoms with van der Waals surface area (Å²) in [4.78, 5) is 38.7. The average molecular weight is 411 g/mol. The van der Waals surface area contributed by atoms with Crippen LogP contribution >= 0.6 is 11.6 Å². The molecule has 7 nitrogen and oxygen atoms in total. The molecule has 0 bridgehead atoms. The molecule has 0 spiro atoms. The summed E-state index contributed by atoms with van der Waals surface area (Å²) in [6.07, 6.45) is 1.04. The van der Waals surface area contributed by atoms with E-state index in [0.29, 0.717) is 26.0 Å². The first-order valence-electron chi connectivity index (χ1n) is 9.17. The van der Waals surface area contributed by atoms with Crippen LogP contribution in [-0.2, 0) is 20.9 Å². The van der Waals surface area contributed by atoms with Gasteiger partial charge in [-0.05, 0) is 36.0 Å². The second-order valence-corrected chi connectivity index (χ2v) is 8.45. The molecule has 1 saturated heterocycles. The number of hydrogen-bond acceptors (Lipinski definition) is 4. The molecule has 0 aliphatic carbocycles. The highest BCUT2D eigenvalue weighted by molar-refractivity contribution is 6.34. The van der Waals surface area contributed by atoms with E-state index in [4.69, 9.17) is 16.3 Å². The Kier molecular flexibility index (Phi) is 7.06. The molecule has 8 heteroatoms. The molecule has 2 atom stereocenters. The quantitative estimate of drug-likeness (QED) is 0.751. The molecule has 2 N–H and O–H groups in total. The van der Waals surface area contributed by atoms with Gasteiger partial charge < -0.3 is 20.1 Å². The third-order valence-corrected chi connectivity index (χ3v) is 5.11. The minimum atomic E-state index is -1.03. The van der Waals surface area contributed by atoms with Crippen molar-refractivity contribution in [2.75, 3.05) is 13.7 Å². The minimum absolute atomic E-state index is 0.250. The SMILES string of the molecule is COCc1ccc(C(=O)N[C@H](C(=O)N2CCC[C@H]2C(=O)O)C(C)(C)C)c(Cl)c1. The van der Waals surface area contributed by atoms with Crippen LogP contribution in [0.4, 0.5) is 0 Å². The second-order valence-electron chi connectivity index (χ2n) is 8.05. The summed E-state index contributed by atoms with van der Waals surface area (Å²) in [6, 6.07) is 3.24. The van der Waals surface area contributed by atoms with Crippen LogP contribution in [0.1, 0.15) is 49.5 Å². The standard InChI is InChI=1S/C20H27ClN2O5/c1-20(2,3)16(18(25)23-9-5-6-15(23)19(26)27)22-17(24)13-8-7-12(11-28-4)10-14(13)21/h7-8,10,15-16H,5-6,9,11H2,1-4H3,(H,22,24)(H,26,27)/t15-,16+/m0/s1. The Balaban J connectivity index is 2.24. The number of aliphatic carboxylic acids is 1. The smallest absolute Gasteiger partial charge is 0.326 e. The number of carbonyl (C=O) groups excluding carboxylic acids is 2. The number of methoxy groups -OCH3 is 1. The number of carboxylic acid groups (broad SMARTS) is 1. The third-order valence-electron chi connectivity index (χ3n) is 4.80. The molecule has 2 rings (SSSR count). The van der Waals surface area contributed by atoms with Crippen LogP contribution in [0.3, 0.4) is 0 Å². The maximum absolute atomic E-state index is 13.1. The second kappa shape index (κ2) is 8.92. The molecule has 0 saturated carbocycles. The fraction of sp³-hybridized carbons (Fsp3) is 0.550. The van der Waals surface area contributed by atoms with Gasteiger partial charge in [-0.1, -0.05) is 38.4 Å². The predicted octanol–water partition coefficient (Wildman–Crippen LogP) is 2.71. The maximum Gasteiger partial charge on any atom is 0.326 e. The fourth-order valence-corrected chi connectivity index (χ4v) is 3.60. The van der Waals surface area contributed by atoms with E-state index in [2.05, 4.69) is 5.32 Å². The predicted molar refractivity (Wildman–Crippen MR) is 105 cm³/mol. The Morgan fingerprint density at radius 3 is 2.57 bits per heavy atom. The van der Waals surface area contributed by atoms with Crippen molar-refractivity contribution in [3.63, 3.8) is 0 Å². The van der Waals surface area contributed by atoms with Crippen molar-refractivity contribution in [1.29, 1.82) is 0 Å². The lowest BCUT2D eigenvalue weighted by Crippen LogP contribution is -2.56. The molecule has 0 unspecified atom stereocenters. The minimum Gasteiger partial charge on any atom is -0.480 e. The lowest BCUT2D eigenvalue weighted by Gasteiger charge is -2.35. The van der Waals surface area contributed by atoms with Gasteiger partial charge in [0.25, 0.3) is 5.91 Å². The van der Waals surface area contributed by atoms with Gasteiger partial charge in [-0.2, -0.15) is 0 Å². The topological polar surface area (TPSA) is 95.9 Å².